The third kappa shape index (κ3) is 7.04. The molecule has 1 aliphatic rings. The van der Waals surface area contributed by atoms with Crippen molar-refractivity contribution in [3.05, 3.63) is 108 Å². The maximum atomic E-state index is 12.5. The predicted octanol–water partition coefficient (Wildman–Crippen LogP) is 5.20. The van der Waals surface area contributed by atoms with Gasteiger partial charge in [-0.3, -0.25) is 0 Å². The second-order valence-electron chi connectivity index (χ2n) is 7.96. The monoisotopic (exact) mass is 497 g/mol. The average Bonchev–Trinajstić information content (AvgIpc) is 3.16. The molecule has 1 saturated carbocycles. The molecule has 3 aromatic rings. The largest absolute Gasteiger partial charge is 0.365 e. The number of rotatable bonds is 6. The zero-order chi connectivity index (χ0) is 25.9. The van der Waals surface area contributed by atoms with E-state index in [4.69, 9.17) is 14.5 Å². The first-order valence-corrected chi connectivity index (χ1v) is 11.6. The third-order valence-corrected chi connectivity index (χ3v) is 5.35. The smallest absolute Gasteiger partial charge is 0.312 e. The van der Waals surface area contributed by atoms with Gasteiger partial charge in [0, 0.05) is 0 Å². The third-order valence-electron chi connectivity index (χ3n) is 5.35. The molecular weight excluding hydrogens is 474 g/mol. The first kappa shape index (κ1) is 25.2. The molecule has 0 spiro atoms. The molecule has 0 aliphatic heterocycles. The molecule has 37 heavy (non-hydrogen) atoms. The Morgan fingerprint density at radius 2 is 0.811 bits per heavy atom. The minimum absolute atomic E-state index is 0.0588. The van der Waals surface area contributed by atoms with Crippen LogP contribution < -0.4 is 0 Å². The van der Waals surface area contributed by atoms with E-state index in [1.807, 2.05) is 0 Å². The Hall–Kier alpha value is -4.92. The van der Waals surface area contributed by atoms with E-state index in [-0.39, 0.29) is 17.1 Å². The molecule has 0 radical (unpaired) electrons. The van der Waals surface area contributed by atoms with E-state index >= 15 is 0 Å². The van der Waals surface area contributed by atoms with Crippen molar-refractivity contribution >= 4 is 35.0 Å². The first-order chi connectivity index (χ1) is 18.1. The van der Waals surface area contributed by atoms with Gasteiger partial charge in [0.2, 0.25) is 0 Å². The molecule has 9 nitrogen and oxygen atoms in total. The van der Waals surface area contributed by atoms with E-state index in [2.05, 4.69) is 15.5 Å². The van der Waals surface area contributed by atoms with E-state index in [0.717, 1.165) is 0 Å². The van der Waals surface area contributed by atoms with Crippen molar-refractivity contribution < 1.29 is 28.9 Å². The molecule has 3 aromatic carbocycles. The summed E-state index contributed by atoms with van der Waals surface area (Å²) < 4.78 is 0. The maximum Gasteiger partial charge on any atom is 0.365 e. The molecule has 0 saturated heterocycles. The Labute approximate surface area is 213 Å². The lowest BCUT2D eigenvalue weighted by atomic mass is 10.1. The molecule has 0 amide bonds. The van der Waals surface area contributed by atoms with Crippen LogP contribution in [0.4, 0.5) is 0 Å². The number of hydrogen-bond acceptors (Lipinski definition) is 9. The zero-order valence-corrected chi connectivity index (χ0v) is 19.8. The van der Waals surface area contributed by atoms with E-state index < -0.39 is 17.9 Å². The number of carbonyl (C=O) groups is 3. The minimum atomic E-state index is -0.696. The molecule has 0 unspecified atom stereocenters. The molecule has 1 aliphatic carbocycles. The topological polar surface area (TPSA) is 116 Å². The van der Waals surface area contributed by atoms with Gasteiger partial charge in [-0.15, -0.1) is 0 Å². The van der Waals surface area contributed by atoms with Crippen LogP contribution in [0.5, 0.6) is 0 Å². The Morgan fingerprint density at radius 3 is 1.16 bits per heavy atom. The molecule has 1 fully saturated rings. The van der Waals surface area contributed by atoms with Crippen LogP contribution in [0, 0.1) is 0 Å². The van der Waals surface area contributed by atoms with Gasteiger partial charge < -0.3 is 14.5 Å². The van der Waals surface area contributed by atoms with Crippen LogP contribution in [-0.4, -0.2) is 35.0 Å². The van der Waals surface area contributed by atoms with Gasteiger partial charge in [-0.1, -0.05) is 70.1 Å². The summed E-state index contributed by atoms with van der Waals surface area (Å²) in [6.45, 7) is 0. The average molecular weight is 498 g/mol. The number of oxime groups is 3. The molecule has 0 aromatic heterocycles. The van der Waals surface area contributed by atoms with Crippen LogP contribution in [0.1, 0.15) is 56.8 Å². The summed E-state index contributed by atoms with van der Waals surface area (Å²) in [5.41, 5.74) is 1.46. The van der Waals surface area contributed by atoms with E-state index in [0.29, 0.717) is 42.4 Å². The molecule has 186 valence electrons. The Bertz CT molecular complexity index is 1260. The van der Waals surface area contributed by atoms with E-state index in [9.17, 15) is 14.4 Å². The SMILES string of the molecule is O=C(ON=C1/C(=N/OC(=O)c2ccccc2)CCCC/C1=N\OC(=O)c1ccccc1)c1ccccc1. The van der Waals surface area contributed by atoms with Crippen LogP contribution >= 0.6 is 0 Å². The molecule has 0 atom stereocenters. The van der Waals surface area contributed by atoms with Crippen molar-refractivity contribution in [3.8, 4) is 0 Å². The fourth-order valence-corrected chi connectivity index (χ4v) is 3.43. The van der Waals surface area contributed by atoms with Gasteiger partial charge in [-0.05, 0) is 62.1 Å². The molecular formula is C28H23N3O6. The number of benzene rings is 3. The number of nitrogens with zero attached hydrogens (tertiary/aromatic N) is 3. The fraction of sp³-hybridized carbons (Fsp3) is 0.143. The van der Waals surface area contributed by atoms with Crippen molar-refractivity contribution in [2.75, 3.05) is 0 Å². The summed E-state index contributed by atoms with van der Waals surface area (Å²) in [4.78, 5) is 52.8. The normalized spacial score (nSPS) is 15.5. The van der Waals surface area contributed by atoms with Crippen LogP contribution in [0.2, 0.25) is 0 Å². The highest BCUT2D eigenvalue weighted by Gasteiger charge is 2.25. The van der Waals surface area contributed by atoms with Crippen molar-refractivity contribution in [2.45, 2.75) is 25.7 Å². The zero-order valence-electron chi connectivity index (χ0n) is 19.8. The molecule has 0 N–H and O–H groups in total. The van der Waals surface area contributed by atoms with E-state index in [1.165, 1.54) is 0 Å². The van der Waals surface area contributed by atoms with Gasteiger partial charge in [-0.25, -0.2) is 14.4 Å². The summed E-state index contributed by atoms with van der Waals surface area (Å²) in [5.74, 6) is -2.02. The fourth-order valence-electron chi connectivity index (χ4n) is 3.43. The molecule has 4 rings (SSSR count). The standard InChI is InChI=1S/C28H23N3O6/c32-26(20-12-4-1-5-13-20)35-29-23-18-10-11-19-24(30-36-27(33)21-14-6-2-7-15-21)25(23)31-37-28(34)22-16-8-3-9-17-22/h1-9,12-17H,10-11,18-19H2/b29-23+,30-24+. The predicted molar refractivity (Wildman–Crippen MR) is 136 cm³/mol. The second kappa shape index (κ2) is 12.7. The first-order valence-electron chi connectivity index (χ1n) is 11.6. The van der Waals surface area contributed by atoms with Crippen molar-refractivity contribution in [1.29, 1.82) is 0 Å². The Morgan fingerprint density at radius 1 is 0.486 bits per heavy atom. The summed E-state index contributed by atoms with van der Waals surface area (Å²) in [6, 6.07) is 25.1. The second-order valence-corrected chi connectivity index (χ2v) is 7.96. The lowest BCUT2D eigenvalue weighted by Crippen LogP contribution is -2.25. The van der Waals surface area contributed by atoms with Gasteiger partial charge in [-0.2, -0.15) is 0 Å². The summed E-state index contributed by atoms with van der Waals surface area (Å²) in [5, 5.41) is 12.0. The molecule has 0 heterocycles. The molecule has 0 bridgehead atoms. The minimum Gasteiger partial charge on any atom is -0.312 e. The maximum absolute atomic E-state index is 12.5. The lowest BCUT2D eigenvalue weighted by Gasteiger charge is -2.08. The van der Waals surface area contributed by atoms with Crippen LogP contribution in [-0.2, 0) is 14.5 Å². The van der Waals surface area contributed by atoms with Gasteiger partial charge in [0.25, 0.3) is 0 Å². The van der Waals surface area contributed by atoms with Crippen LogP contribution in [0.25, 0.3) is 0 Å². The highest BCUT2D eigenvalue weighted by molar-refractivity contribution is 6.68. The highest BCUT2D eigenvalue weighted by Crippen LogP contribution is 2.16. The number of hydrogen-bond donors (Lipinski definition) is 0. The summed E-state index contributed by atoms with van der Waals surface area (Å²) in [7, 11) is 0. The van der Waals surface area contributed by atoms with Crippen LogP contribution in [0.3, 0.4) is 0 Å². The van der Waals surface area contributed by atoms with Crippen molar-refractivity contribution in [2.24, 2.45) is 15.5 Å². The highest BCUT2D eigenvalue weighted by atomic mass is 16.7. The summed E-state index contributed by atoms with van der Waals surface area (Å²) >= 11 is 0. The van der Waals surface area contributed by atoms with Gasteiger partial charge in [0.05, 0.1) is 16.7 Å². The summed E-state index contributed by atoms with van der Waals surface area (Å²) in [6.07, 6.45) is 2.07. The van der Waals surface area contributed by atoms with Gasteiger partial charge in [0.15, 0.2) is 5.71 Å². The van der Waals surface area contributed by atoms with Crippen molar-refractivity contribution in [1.82, 2.24) is 0 Å². The Kier molecular flexibility index (Phi) is 8.63. The van der Waals surface area contributed by atoms with E-state index in [1.54, 1.807) is 91.0 Å². The Balaban J connectivity index is 1.62. The number of carbonyl (C=O) groups excluding carboxylic acids is 3. The lowest BCUT2D eigenvalue weighted by molar-refractivity contribution is 0.0500. The quantitative estimate of drug-likeness (QED) is 0.263. The van der Waals surface area contributed by atoms with Crippen LogP contribution in [0.15, 0.2) is 106 Å². The van der Waals surface area contributed by atoms with Gasteiger partial charge >= 0.3 is 17.9 Å². The van der Waals surface area contributed by atoms with Crippen molar-refractivity contribution in [3.63, 3.8) is 0 Å². The molecule has 9 heteroatoms. The van der Waals surface area contributed by atoms with Gasteiger partial charge in [0.1, 0.15) is 11.4 Å².